The fourth-order valence-corrected chi connectivity index (χ4v) is 3.30. The second kappa shape index (κ2) is 11.8. The van der Waals surface area contributed by atoms with Crippen LogP contribution in [0, 0.1) is 9.49 Å². The molecule has 0 fully saturated rings. The van der Waals surface area contributed by atoms with E-state index in [9.17, 15) is 19.5 Å². The fourth-order valence-electron chi connectivity index (χ4n) is 2.69. The van der Waals surface area contributed by atoms with Crippen LogP contribution in [0.3, 0.4) is 0 Å². The van der Waals surface area contributed by atoms with E-state index in [4.69, 9.17) is 9.47 Å². The van der Waals surface area contributed by atoms with E-state index in [1.165, 1.54) is 6.07 Å². The normalized spacial score (nSPS) is 12.5. The number of alkyl carbamates (subject to hydrolysis) is 1. The molecule has 0 saturated carbocycles. The van der Waals surface area contributed by atoms with Gasteiger partial charge < -0.3 is 14.6 Å². The summed E-state index contributed by atoms with van der Waals surface area (Å²) in [6.45, 7) is 1.90. The van der Waals surface area contributed by atoms with Crippen LogP contribution in [0.15, 0.2) is 48.5 Å². The summed E-state index contributed by atoms with van der Waals surface area (Å²) >= 11 is 5.94. The van der Waals surface area contributed by atoms with E-state index in [-0.39, 0.29) is 24.0 Å². The van der Waals surface area contributed by atoms with Crippen LogP contribution in [0.4, 0.5) is 4.79 Å². The summed E-state index contributed by atoms with van der Waals surface area (Å²) in [5.41, 5.74) is 0.715. The number of nitrogens with one attached hydrogen (secondary N) is 1. The number of aromatic hydroxyl groups is 1. The van der Waals surface area contributed by atoms with E-state index in [0.717, 1.165) is 3.57 Å². The molecule has 0 spiro atoms. The zero-order chi connectivity index (χ0) is 22.1. The summed E-state index contributed by atoms with van der Waals surface area (Å²) < 4.78 is 11.4. The van der Waals surface area contributed by atoms with E-state index in [1.807, 2.05) is 0 Å². The molecule has 2 rings (SSSR count). The summed E-state index contributed by atoms with van der Waals surface area (Å²) in [6.07, 6.45) is -1.43. The lowest BCUT2D eigenvalue weighted by Crippen LogP contribution is -2.33. The number of ether oxygens (including phenoxy) is 2. The number of hydrogen-bond donors (Lipinski definition) is 3. The molecule has 0 saturated heterocycles. The molecule has 0 bridgehead atoms. The number of thiol groups is 1. The van der Waals surface area contributed by atoms with Gasteiger partial charge in [0.2, 0.25) is 0 Å². The first-order valence-corrected chi connectivity index (χ1v) is 10.8. The first-order chi connectivity index (χ1) is 14.3. The van der Waals surface area contributed by atoms with Gasteiger partial charge in [-0.1, -0.05) is 25.1 Å². The molecular weight excluding hydrogens is 521 g/mol. The van der Waals surface area contributed by atoms with E-state index >= 15 is 0 Å². The van der Waals surface area contributed by atoms with Crippen LogP contribution in [0.25, 0.3) is 0 Å². The van der Waals surface area contributed by atoms with Crippen molar-refractivity contribution in [3.63, 3.8) is 0 Å². The lowest BCUT2D eigenvalue weighted by atomic mass is 9.94. The number of imide groups is 1. The first-order valence-electron chi connectivity index (χ1n) is 9.13. The van der Waals surface area contributed by atoms with Gasteiger partial charge in [-0.25, -0.2) is 4.79 Å². The topological polar surface area (TPSA) is 102 Å². The summed E-state index contributed by atoms with van der Waals surface area (Å²) in [4.78, 5) is 35.9. The van der Waals surface area contributed by atoms with Crippen LogP contribution in [-0.4, -0.2) is 35.4 Å². The number of esters is 1. The number of carbonyl (C=O) groups is 3. The van der Waals surface area contributed by atoms with Gasteiger partial charge in [-0.15, -0.1) is 0 Å². The SMILES string of the molecule is C[C@H](CCOC(=O)CS)[C@@H](OC(=O)NC(=O)c1ccccc1)c1cc(I)ccc1O. The van der Waals surface area contributed by atoms with Crippen LogP contribution in [0.2, 0.25) is 0 Å². The van der Waals surface area contributed by atoms with Gasteiger partial charge >= 0.3 is 12.1 Å². The first kappa shape index (κ1) is 24.0. The van der Waals surface area contributed by atoms with Crippen LogP contribution >= 0.6 is 35.2 Å². The molecule has 30 heavy (non-hydrogen) atoms. The predicted octanol–water partition coefficient (Wildman–Crippen LogP) is 4.10. The number of rotatable bonds is 8. The van der Waals surface area contributed by atoms with Gasteiger partial charge in [-0.3, -0.25) is 14.9 Å². The Morgan fingerprint density at radius 1 is 1.17 bits per heavy atom. The third-order valence-electron chi connectivity index (χ3n) is 4.26. The van der Waals surface area contributed by atoms with Crippen molar-refractivity contribution < 1.29 is 29.0 Å². The standard InChI is InChI=1S/C21H22INO6S/c1-13(9-10-28-18(25)12-30)19(16-11-15(22)7-8-17(16)24)29-21(27)23-20(26)14-5-3-2-4-6-14/h2-8,11,13,19,24,30H,9-10,12H2,1H3,(H,23,26,27)/t13-,19-/m1/s1. The largest absolute Gasteiger partial charge is 0.508 e. The number of phenols is 1. The molecule has 0 heterocycles. The average Bonchev–Trinajstić information content (AvgIpc) is 2.74. The van der Waals surface area contributed by atoms with E-state index < -0.39 is 24.1 Å². The van der Waals surface area contributed by atoms with Gasteiger partial charge in [0, 0.05) is 20.6 Å². The van der Waals surface area contributed by atoms with E-state index in [0.29, 0.717) is 17.5 Å². The van der Waals surface area contributed by atoms with Gasteiger partial charge in [-0.05, 0) is 59.3 Å². The second-order valence-electron chi connectivity index (χ2n) is 6.49. The van der Waals surface area contributed by atoms with Crippen LogP contribution in [0.5, 0.6) is 5.75 Å². The summed E-state index contributed by atoms with van der Waals surface area (Å²) in [6, 6.07) is 13.2. The van der Waals surface area contributed by atoms with Crippen molar-refractivity contribution in [2.45, 2.75) is 19.4 Å². The summed E-state index contributed by atoms with van der Waals surface area (Å²) in [5.74, 6) is -1.44. The third kappa shape index (κ3) is 7.21. The number of amides is 2. The minimum atomic E-state index is -0.939. The van der Waals surface area contributed by atoms with Gasteiger partial charge in [0.05, 0.1) is 12.4 Å². The van der Waals surface area contributed by atoms with Crippen LogP contribution in [0.1, 0.15) is 35.4 Å². The quantitative estimate of drug-likeness (QED) is 0.263. The van der Waals surface area contributed by atoms with Crippen molar-refractivity contribution in [2.75, 3.05) is 12.4 Å². The highest BCUT2D eigenvalue weighted by Gasteiger charge is 2.27. The van der Waals surface area contributed by atoms with Crippen molar-refractivity contribution in [1.82, 2.24) is 5.32 Å². The molecule has 0 aliphatic carbocycles. The Hall–Kier alpha value is -2.27. The molecule has 2 atom stereocenters. The van der Waals surface area contributed by atoms with Crippen molar-refractivity contribution in [1.29, 1.82) is 0 Å². The highest BCUT2D eigenvalue weighted by Crippen LogP contribution is 2.35. The van der Waals surface area contributed by atoms with E-state index in [1.54, 1.807) is 49.4 Å². The number of phenolic OH excluding ortho intramolecular Hbond substituents is 1. The number of halogens is 1. The third-order valence-corrected chi connectivity index (χ3v) is 5.19. The maximum atomic E-state index is 12.4. The van der Waals surface area contributed by atoms with Gasteiger partial charge in [0.25, 0.3) is 5.91 Å². The molecule has 7 nitrogen and oxygen atoms in total. The molecule has 0 aromatic heterocycles. The number of hydrogen-bond acceptors (Lipinski definition) is 7. The molecule has 0 aliphatic heterocycles. The highest BCUT2D eigenvalue weighted by molar-refractivity contribution is 14.1. The lowest BCUT2D eigenvalue weighted by Gasteiger charge is -2.25. The molecule has 2 aromatic carbocycles. The van der Waals surface area contributed by atoms with Gasteiger partial charge in [0.15, 0.2) is 0 Å². The molecule has 0 aliphatic rings. The van der Waals surface area contributed by atoms with Gasteiger partial charge in [-0.2, -0.15) is 12.6 Å². The van der Waals surface area contributed by atoms with Crippen molar-refractivity contribution in [3.8, 4) is 5.75 Å². The molecule has 0 unspecified atom stereocenters. The minimum absolute atomic E-state index is 0.0318. The van der Waals surface area contributed by atoms with E-state index in [2.05, 4.69) is 40.5 Å². The lowest BCUT2D eigenvalue weighted by molar-refractivity contribution is -0.141. The van der Waals surface area contributed by atoms with Crippen molar-refractivity contribution >= 4 is 53.2 Å². The maximum absolute atomic E-state index is 12.4. The Labute approximate surface area is 193 Å². The smallest absolute Gasteiger partial charge is 0.414 e. The Balaban J connectivity index is 2.14. The number of carbonyl (C=O) groups excluding carboxylic acids is 3. The molecule has 2 amide bonds. The predicted molar refractivity (Wildman–Crippen MR) is 123 cm³/mol. The van der Waals surface area contributed by atoms with Crippen LogP contribution < -0.4 is 5.32 Å². The minimum Gasteiger partial charge on any atom is -0.508 e. The molecule has 160 valence electrons. The molecule has 2 N–H and O–H groups in total. The second-order valence-corrected chi connectivity index (χ2v) is 8.06. The Bertz CT molecular complexity index is 892. The summed E-state index contributed by atoms with van der Waals surface area (Å²) in [7, 11) is 0. The zero-order valence-electron chi connectivity index (χ0n) is 16.2. The maximum Gasteiger partial charge on any atom is 0.414 e. The summed E-state index contributed by atoms with van der Waals surface area (Å²) in [5, 5.41) is 12.5. The van der Waals surface area contributed by atoms with Crippen LogP contribution in [-0.2, 0) is 14.3 Å². The Kier molecular flexibility index (Phi) is 9.44. The molecule has 9 heteroatoms. The molecule has 2 aromatic rings. The Morgan fingerprint density at radius 3 is 2.53 bits per heavy atom. The molecular formula is C21H22INO6S. The monoisotopic (exact) mass is 543 g/mol. The Morgan fingerprint density at radius 2 is 1.87 bits per heavy atom. The highest BCUT2D eigenvalue weighted by atomic mass is 127. The zero-order valence-corrected chi connectivity index (χ0v) is 19.3. The van der Waals surface area contributed by atoms with Crippen molar-refractivity contribution in [3.05, 3.63) is 63.2 Å². The fraction of sp³-hybridized carbons (Fsp3) is 0.286. The number of benzene rings is 2. The van der Waals surface area contributed by atoms with Gasteiger partial charge in [0.1, 0.15) is 11.9 Å². The van der Waals surface area contributed by atoms with Crippen molar-refractivity contribution in [2.24, 2.45) is 5.92 Å². The molecule has 0 radical (unpaired) electrons. The average molecular weight is 543 g/mol.